The van der Waals surface area contributed by atoms with Gasteiger partial charge in [0.1, 0.15) is 0 Å². The molecule has 1 fully saturated rings. The molecule has 0 saturated carbocycles. The van der Waals surface area contributed by atoms with E-state index in [4.69, 9.17) is 9.47 Å². The maximum atomic E-state index is 12.8. The molecular formula is C28H26N2O6. The van der Waals surface area contributed by atoms with Gasteiger partial charge in [-0.05, 0) is 69.2 Å². The standard InChI is InChI=1S/C28H26N2O6/c1-17-14-24(18(2)29(17)15-21-6-5-13-35-21)25(31)16-36-28(34)19-9-11-20(12-10-19)30-26(32)22-7-3-4-8-23(22)27(30)33/h3-4,7-12,14,21H,5-6,13,15-16H2,1-2H3/t21-/m0/s1. The molecule has 0 N–H and O–H groups in total. The van der Waals surface area contributed by atoms with E-state index in [9.17, 15) is 19.2 Å². The molecule has 2 aliphatic heterocycles. The zero-order chi connectivity index (χ0) is 25.4. The number of aryl methyl sites for hydroxylation is 1. The van der Waals surface area contributed by atoms with Crippen molar-refractivity contribution in [3.8, 4) is 0 Å². The minimum Gasteiger partial charge on any atom is -0.454 e. The first-order chi connectivity index (χ1) is 17.3. The molecule has 2 amide bonds. The van der Waals surface area contributed by atoms with Gasteiger partial charge in [0.15, 0.2) is 6.61 Å². The predicted molar refractivity (Wildman–Crippen MR) is 132 cm³/mol. The van der Waals surface area contributed by atoms with Crippen LogP contribution in [0.2, 0.25) is 0 Å². The number of fused-ring (bicyclic) bond motifs is 1. The van der Waals surface area contributed by atoms with Crippen LogP contribution >= 0.6 is 0 Å². The Morgan fingerprint density at radius 3 is 2.28 bits per heavy atom. The van der Waals surface area contributed by atoms with Crippen molar-refractivity contribution in [1.29, 1.82) is 0 Å². The van der Waals surface area contributed by atoms with Gasteiger partial charge in [-0.25, -0.2) is 9.69 Å². The Labute approximate surface area is 208 Å². The van der Waals surface area contributed by atoms with E-state index in [-0.39, 0.29) is 24.1 Å². The molecule has 8 heteroatoms. The Balaban J connectivity index is 1.22. The van der Waals surface area contributed by atoms with Gasteiger partial charge in [-0.1, -0.05) is 12.1 Å². The zero-order valence-electron chi connectivity index (χ0n) is 20.2. The van der Waals surface area contributed by atoms with Crippen molar-refractivity contribution in [1.82, 2.24) is 4.57 Å². The molecule has 0 aliphatic carbocycles. The number of imide groups is 1. The molecule has 5 rings (SSSR count). The molecule has 0 radical (unpaired) electrons. The summed E-state index contributed by atoms with van der Waals surface area (Å²) in [6.07, 6.45) is 2.20. The van der Waals surface area contributed by atoms with Crippen LogP contribution in [0.5, 0.6) is 0 Å². The van der Waals surface area contributed by atoms with E-state index in [0.717, 1.165) is 35.7 Å². The molecule has 0 bridgehead atoms. The van der Waals surface area contributed by atoms with Crippen LogP contribution in [-0.4, -0.2) is 47.5 Å². The van der Waals surface area contributed by atoms with Crippen LogP contribution in [0.1, 0.15) is 65.7 Å². The summed E-state index contributed by atoms with van der Waals surface area (Å²) < 4.78 is 13.1. The maximum absolute atomic E-state index is 12.8. The second-order valence-electron chi connectivity index (χ2n) is 9.07. The number of nitrogens with zero attached hydrogens (tertiary/aromatic N) is 2. The Bertz CT molecular complexity index is 1330. The fraction of sp³-hybridized carbons (Fsp3) is 0.286. The number of carbonyl (C=O) groups is 4. The summed E-state index contributed by atoms with van der Waals surface area (Å²) in [6.45, 7) is 4.91. The lowest BCUT2D eigenvalue weighted by molar-refractivity contribution is 0.0474. The molecule has 1 saturated heterocycles. The molecule has 184 valence electrons. The monoisotopic (exact) mass is 486 g/mol. The summed E-state index contributed by atoms with van der Waals surface area (Å²) in [7, 11) is 0. The third kappa shape index (κ3) is 4.24. The third-order valence-electron chi connectivity index (χ3n) is 6.77. The third-order valence-corrected chi connectivity index (χ3v) is 6.77. The smallest absolute Gasteiger partial charge is 0.338 e. The Kier molecular flexibility index (Phi) is 6.28. The summed E-state index contributed by atoms with van der Waals surface area (Å²) in [5.74, 6) is -1.76. The summed E-state index contributed by atoms with van der Waals surface area (Å²) in [6, 6.07) is 14.4. The molecule has 0 spiro atoms. The van der Waals surface area contributed by atoms with E-state index < -0.39 is 17.8 Å². The molecule has 1 atom stereocenters. The highest BCUT2D eigenvalue weighted by Crippen LogP contribution is 2.28. The summed E-state index contributed by atoms with van der Waals surface area (Å²) in [5, 5.41) is 0. The van der Waals surface area contributed by atoms with Crippen LogP contribution in [0.25, 0.3) is 0 Å². The van der Waals surface area contributed by atoms with Gasteiger partial charge in [-0.2, -0.15) is 0 Å². The largest absolute Gasteiger partial charge is 0.454 e. The van der Waals surface area contributed by atoms with Gasteiger partial charge in [0.25, 0.3) is 11.8 Å². The minimum atomic E-state index is -0.662. The average molecular weight is 487 g/mol. The van der Waals surface area contributed by atoms with Gasteiger partial charge < -0.3 is 14.0 Å². The highest BCUT2D eigenvalue weighted by molar-refractivity contribution is 6.34. The molecule has 2 aliphatic rings. The van der Waals surface area contributed by atoms with Gasteiger partial charge in [0, 0.05) is 30.1 Å². The molecule has 3 aromatic rings. The lowest BCUT2D eigenvalue weighted by Gasteiger charge is -2.15. The number of ketones is 1. The van der Waals surface area contributed by atoms with E-state index in [1.165, 1.54) is 24.3 Å². The number of anilines is 1. The predicted octanol–water partition coefficient (Wildman–Crippen LogP) is 4.12. The number of hydrogen-bond donors (Lipinski definition) is 0. The summed E-state index contributed by atoms with van der Waals surface area (Å²) >= 11 is 0. The highest BCUT2D eigenvalue weighted by Gasteiger charge is 2.36. The van der Waals surface area contributed by atoms with E-state index in [1.807, 2.05) is 19.9 Å². The fourth-order valence-corrected chi connectivity index (χ4v) is 4.82. The van der Waals surface area contributed by atoms with Crippen LogP contribution in [0.15, 0.2) is 54.6 Å². The number of hydrogen-bond acceptors (Lipinski definition) is 6. The fourth-order valence-electron chi connectivity index (χ4n) is 4.82. The first kappa shape index (κ1) is 23.7. The van der Waals surface area contributed by atoms with Gasteiger partial charge in [-0.3, -0.25) is 14.4 Å². The van der Waals surface area contributed by atoms with Crippen LogP contribution in [0.3, 0.4) is 0 Å². The summed E-state index contributed by atoms with van der Waals surface area (Å²) in [4.78, 5) is 51.8. The first-order valence-corrected chi connectivity index (χ1v) is 11.9. The van der Waals surface area contributed by atoms with Crippen molar-refractivity contribution in [2.75, 3.05) is 18.1 Å². The quantitative estimate of drug-likeness (QED) is 0.283. The molecule has 1 aromatic heterocycles. The van der Waals surface area contributed by atoms with E-state index in [2.05, 4.69) is 4.57 Å². The number of Topliss-reactive ketones (excluding diaryl/α,β-unsaturated/α-hetero) is 1. The minimum absolute atomic E-state index is 0.152. The molecule has 36 heavy (non-hydrogen) atoms. The van der Waals surface area contributed by atoms with Crippen molar-refractivity contribution >= 4 is 29.3 Å². The SMILES string of the molecule is Cc1cc(C(=O)COC(=O)c2ccc(N3C(=O)c4ccccc4C3=O)cc2)c(C)n1C[C@@H]1CCCO1. The van der Waals surface area contributed by atoms with Gasteiger partial charge in [0.05, 0.1) is 28.5 Å². The van der Waals surface area contributed by atoms with Crippen LogP contribution in [0, 0.1) is 13.8 Å². The maximum Gasteiger partial charge on any atom is 0.338 e. The molecule has 2 aromatic carbocycles. The van der Waals surface area contributed by atoms with Crippen LogP contribution in [-0.2, 0) is 16.0 Å². The molecule has 0 unspecified atom stereocenters. The second-order valence-corrected chi connectivity index (χ2v) is 9.07. The molecule has 8 nitrogen and oxygen atoms in total. The van der Waals surface area contributed by atoms with Gasteiger partial charge >= 0.3 is 5.97 Å². The number of benzene rings is 2. The Morgan fingerprint density at radius 1 is 1.00 bits per heavy atom. The average Bonchev–Trinajstić information content (AvgIpc) is 3.57. The Morgan fingerprint density at radius 2 is 1.67 bits per heavy atom. The number of esters is 1. The molecular weight excluding hydrogens is 460 g/mol. The number of ether oxygens (including phenoxy) is 2. The number of aromatic nitrogens is 1. The Hall–Kier alpha value is -4.04. The van der Waals surface area contributed by atoms with Gasteiger partial charge in [-0.15, -0.1) is 0 Å². The normalized spacial score (nSPS) is 16.9. The lowest BCUT2D eigenvalue weighted by Crippen LogP contribution is -2.29. The topological polar surface area (TPSA) is 94.9 Å². The van der Waals surface area contributed by atoms with E-state index in [0.29, 0.717) is 28.9 Å². The second kappa shape index (κ2) is 9.54. The molecule has 3 heterocycles. The van der Waals surface area contributed by atoms with E-state index in [1.54, 1.807) is 24.3 Å². The van der Waals surface area contributed by atoms with E-state index >= 15 is 0 Å². The summed E-state index contributed by atoms with van der Waals surface area (Å²) in [5.41, 5.74) is 3.58. The van der Waals surface area contributed by atoms with Crippen molar-refractivity contribution < 1.29 is 28.7 Å². The van der Waals surface area contributed by atoms with Crippen LogP contribution < -0.4 is 4.90 Å². The first-order valence-electron chi connectivity index (χ1n) is 11.9. The van der Waals surface area contributed by atoms with Gasteiger partial charge in [0.2, 0.25) is 5.78 Å². The highest BCUT2D eigenvalue weighted by atomic mass is 16.5. The number of rotatable bonds is 7. The lowest BCUT2D eigenvalue weighted by atomic mass is 10.1. The zero-order valence-corrected chi connectivity index (χ0v) is 20.2. The number of carbonyl (C=O) groups excluding carboxylic acids is 4. The van der Waals surface area contributed by atoms with Crippen molar-refractivity contribution in [3.05, 3.63) is 88.2 Å². The number of amides is 2. The van der Waals surface area contributed by atoms with Crippen LogP contribution in [0.4, 0.5) is 5.69 Å². The van der Waals surface area contributed by atoms with Crippen molar-refractivity contribution in [2.45, 2.75) is 39.3 Å². The van der Waals surface area contributed by atoms with Crippen molar-refractivity contribution in [3.63, 3.8) is 0 Å². The van der Waals surface area contributed by atoms with Crippen molar-refractivity contribution in [2.24, 2.45) is 0 Å².